The van der Waals surface area contributed by atoms with E-state index in [9.17, 15) is 4.79 Å². The predicted octanol–water partition coefficient (Wildman–Crippen LogP) is 3.74. The zero-order chi connectivity index (χ0) is 17.6. The molecule has 0 unspecified atom stereocenters. The summed E-state index contributed by atoms with van der Waals surface area (Å²) in [6, 6.07) is 13.1. The van der Waals surface area contributed by atoms with Gasteiger partial charge in [-0.05, 0) is 37.6 Å². The number of aromatic nitrogens is 3. The summed E-state index contributed by atoms with van der Waals surface area (Å²) in [5, 5.41) is 6.50. The van der Waals surface area contributed by atoms with Crippen LogP contribution in [0.4, 0.5) is 17.3 Å². The average molecular weight is 333 g/mol. The lowest BCUT2D eigenvalue weighted by molar-refractivity contribution is 0.101. The molecule has 0 saturated carbocycles. The Bertz CT molecular complexity index is 880. The van der Waals surface area contributed by atoms with Crippen molar-refractivity contribution in [3.8, 4) is 0 Å². The molecule has 2 heterocycles. The van der Waals surface area contributed by atoms with E-state index in [2.05, 4.69) is 25.6 Å². The van der Waals surface area contributed by atoms with Gasteiger partial charge < -0.3 is 10.6 Å². The second-order valence-electron chi connectivity index (χ2n) is 5.66. The molecule has 0 spiro atoms. The van der Waals surface area contributed by atoms with E-state index >= 15 is 0 Å². The van der Waals surface area contributed by atoms with Crippen molar-refractivity contribution < 1.29 is 4.79 Å². The summed E-state index contributed by atoms with van der Waals surface area (Å²) in [5.74, 6) is 2.08. The first kappa shape index (κ1) is 16.6. The maximum absolute atomic E-state index is 11.5. The molecule has 2 aromatic heterocycles. The van der Waals surface area contributed by atoms with Gasteiger partial charge in [-0.3, -0.25) is 9.78 Å². The Kier molecular flexibility index (Phi) is 4.99. The molecule has 25 heavy (non-hydrogen) atoms. The minimum atomic E-state index is 0.0290. The van der Waals surface area contributed by atoms with Crippen LogP contribution in [0, 0.1) is 6.92 Å². The summed E-state index contributed by atoms with van der Waals surface area (Å²) in [4.78, 5) is 24.4. The van der Waals surface area contributed by atoms with E-state index in [1.54, 1.807) is 19.2 Å². The van der Waals surface area contributed by atoms with Crippen molar-refractivity contribution in [1.82, 2.24) is 15.0 Å². The number of hydrogen-bond acceptors (Lipinski definition) is 6. The van der Waals surface area contributed by atoms with Gasteiger partial charge in [0.05, 0.1) is 0 Å². The molecule has 1 aromatic carbocycles. The molecule has 0 saturated heterocycles. The molecule has 6 heteroatoms. The Morgan fingerprint density at radius 1 is 1.08 bits per heavy atom. The van der Waals surface area contributed by atoms with Gasteiger partial charge in [0.15, 0.2) is 5.78 Å². The van der Waals surface area contributed by atoms with Gasteiger partial charge in [-0.25, -0.2) is 9.97 Å². The van der Waals surface area contributed by atoms with E-state index < -0.39 is 0 Å². The van der Waals surface area contributed by atoms with Crippen molar-refractivity contribution in [2.24, 2.45) is 0 Å². The molecule has 0 aliphatic carbocycles. The molecular weight excluding hydrogens is 314 g/mol. The smallest absolute Gasteiger partial charge is 0.159 e. The molecule has 6 nitrogen and oxygen atoms in total. The fourth-order valence-corrected chi connectivity index (χ4v) is 2.38. The van der Waals surface area contributed by atoms with Crippen LogP contribution in [0.3, 0.4) is 0 Å². The second-order valence-corrected chi connectivity index (χ2v) is 5.66. The summed E-state index contributed by atoms with van der Waals surface area (Å²) in [6.07, 6.45) is 3.56. The molecule has 0 amide bonds. The van der Waals surface area contributed by atoms with Crippen LogP contribution in [-0.2, 0) is 6.54 Å². The van der Waals surface area contributed by atoms with Crippen LogP contribution in [0.5, 0.6) is 0 Å². The molecule has 0 radical (unpaired) electrons. The van der Waals surface area contributed by atoms with E-state index in [-0.39, 0.29) is 5.78 Å². The minimum absolute atomic E-state index is 0.0290. The van der Waals surface area contributed by atoms with E-state index in [1.165, 1.54) is 0 Å². The maximum Gasteiger partial charge on any atom is 0.159 e. The first-order chi connectivity index (χ1) is 12.1. The van der Waals surface area contributed by atoms with Crippen LogP contribution in [0.15, 0.2) is 54.9 Å². The van der Waals surface area contributed by atoms with Gasteiger partial charge in [0.1, 0.15) is 17.5 Å². The number of Topliss-reactive ketones (excluding diaryl/α,β-unsaturated/α-hetero) is 1. The molecule has 0 fully saturated rings. The number of pyridine rings is 1. The van der Waals surface area contributed by atoms with Gasteiger partial charge >= 0.3 is 0 Å². The molecule has 0 bridgehead atoms. The molecule has 0 aliphatic heterocycles. The molecular formula is C19H19N5O. The largest absolute Gasteiger partial charge is 0.366 e. The summed E-state index contributed by atoms with van der Waals surface area (Å²) in [6.45, 7) is 4.02. The highest BCUT2D eigenvalue weighted by atomic mass is 16.1. The molecule has 2 N–H and O–H groups in total. The highest BCUT2D eigenvalue weighted by molar-refractivity contribution is 5.95. The Morgan fingerprint density at radius 3 is 2.68 bits per heavy atom. The Balaban J connectivity index is 1.75. The summed E-state index contributed by atoms with van der Waals surface area (Å²) < 4.78 is 0. The number of carbonyl (C=O) groups is 1. The molecule has 0 aliphatic rings. The summed E-state index contributed by atoms with van der Waals surface area (Å²) >= 11 is 0. The minimum Gasteiger partial charge on any atom is -0.366 e. The lowest BCUT2D eigenvalue weighted by Crippen LogP contribution is -2.05. The molecule has 3 rings (SSSR count). The highest BCUT2D eigenvalue weighted by Gasteiger charge is 2.05. The van der Waals surface area contributed by atoms with E-state index in [1.807, 2.05) is 49.5 Å². The predicted molar refractivity (Wildman–Crippen MR) is 98.1 cm³/mol. The number of ketones is 1. The average Bonchev–Trinajstić information content (AvgIpc) is 2.60. The number of nitrogens with one attached hydrogen (secondary N) is 2. The van der Waals surface area contributed by atoms with Crippen molar-refractivity contribution in [2.75, 3.05) is 10.6 Å². The van der Waals surface area contributed by atoms with Crippen molar-refractivity contribution in [1.29, 1.82) is 0 Å². The lowest BCUT2D eigenvalue weighted by atomic mass is 10.1. The van der Waals surface area contributed by atoms with Gasteiger partial charge in [-0.15, -0.1) is 0 Å². The van der Waals surface area contributed by atoms with Crippen molar-refractivity contribution in [3.63, 3.8) is 0 Å². The standard InChI is InChI=1S/C19H19N5O/c1-13(25)16-6-3-7-17(9-16)24-19-10-18(22-14(2)23-19)21-12-15-5-4-8-20-11-15/h3-11H,12H2,1-2H3,(H2,21,22,23,24). The van der Waals surface area contributed by atoms with Crippen LogP contribution in [0.1, 0.15) is 28.7 Å². The number of anilines is 3. The molecule has 0 atom stereocenters. The van der Waals surface area contributed by atoms with E-state index in [0.29, 0.717) is 23.8 Å². The Morgan fingerprint density at radius 2 is 1.92 bits per heavy atom. The first-order valence-corrected chi connectivity index (χ1v) is 7.96. The highest BCUT2D eigenvalue weighted by Crippen LogP contribution is 2.19. The van der Waals surface area contributed by atoms with Gasteiger partial charge in [0, 0.05) is 36.3 Å². The van der Waals surface area contributed by atoms with Crippen LogP contribution < -0.4 is 10.6 Å². The van der Waals surface area contributed by atoms with Crippen molar-refractivity contribution >= 4 is 23.1 Å². The Labute approximate surface area is 146 Å². The number of benzene rings is 1. The van der Waals surface area contributed by atoms with Crippen molar-refractivity contribution in [3.05, 3.63) is 71.8 Å². The van der Waals surface area contributed by atoms with Gasteiger partial charge in [-0.2, -0.15) is 0 Å². The summed E-state index contributed by atoms with van der Waals surface area (Å²) in [7, 11) is 0. The lowest BCUT2D eigenvalue weighted by Gasteiger charge is -2.11. The maximum atomic E-state index is 11.5. The third kappa shape index (κ3) is 4.60. The SMILES string of the molecule is CC(=O)c1cccc(Nc2cc(NCc3cccnc3)nc(C)n2)c1. The Hall–Kier alpha value is -3.28. The number of aryl methyl sites for hydroxylation is 1. The topological polar surface area (TPSA) is 79.8 Å². The third-order valence-electron chi connectivity index (χ3n) is 3.58. The zero-order valence-electron chi connectivity index (χ0n) is 14.2. The monoisotopic (exact) mass is 333 g/mol. The van der Waals surface area contributed by atoms with Gasteiger partial charge in [0.2, 0.25) is 0 Å². The fourth-order valence-electron chi connectivity index (χ4n) is 2.38. The quantitative estimate of drug-likeness (QED) is 0.669. The third-order valence-corrected chi connectivity index (χ3v) is 3.58. The number of nitrogens with zero attached hydrogens (tertiary/aromatic N) is 3. The van der Waals surface area contributed by atoms with Crippen molar-refractivity contribution in [2.45, 2.75) is 20.4 Å². The number of carbonyl (C=O) groups excluding carboxylic acids is 1. The number of rotatable bonds is 6. The fraction of sp³-hybridized carbons (Fsp3) is 0.158. The first-order valence-electron chi connectivity index (χ1n) is 7.96. The number of hydrogen-bond donors (Lipinski definition) is 2. The van der Waals surface area contributed by atoms with Crippen LogP contribution >= 0.6 is 0 Å². The normalized spacial score (nSPS) is 10.3. The van der Waals surface area contributed by atoms with Gasteiger partial charge in [0.25, 0.3) is 0 Å². The molecule has 3 aromatic rings. The van der Waals surface area contributed by atoms with Crippen LogP contribution in [-0.4, -0.2) is 20.7 Å². The second kappa shape index (κ2) is 7.53. The van der Waals surface area contributed by atoms with E-state index in [0.717, 1.165) is 17.1 Å². The molecule has 126 valence electrons. The van der Waals surface area contributed by atoms with Gasteiger partial charge in [-0.1, -0.05) is 18.2 Å². The van der Waals surface area contributed by atoms with Crippen LogP contribution in [0.2, 0.25) is 0 Å². The van der Waals surface area contributed by atoms with Crippen LogP contribution in [0.25, 0.3) is 0 Å². The van der Waals surface area contributed by atoms with E-state index in [4.69, 9.17) is 0 Å². The summed E-state index contributed by atoms with van der Waals surface area (Å²) in [5.41, 5.74) is 2.54. The zero-order valence-corrected chi connectivity index (χ0v) is 14.2.